The Bertz CT molecular complexity index is 243. The Labute approximate surface area is 94.6 Å². The monoisotopic (exact) mass is 233 g/mol. The van der Waals surface area contributed by atoms with Gasteiger partial charge in [0, 0.05) is 0 Å². The van der Waals surface area contributed by atoms with Crippen molar-refractivity contribution < 1.29 is 24.5 Å². The smallest absolute Gasteiger partial charge is 0.408 e. The van der Waals surface area contributed by atoms with Gasteiger partial charge in [-0.05, 0) is 13.3 Å². The number of hydrogen-bond donors (Lipinski definition) is 3. The van der Waals surface area contributed by atoms with Gasteiger partial charge in [0.2, 0.25) is 0 Å². The summed E-state index contributed by atoms with van der Waals surface area (Å²) in [6.07, 6.45) is 1.88. The summed E-state index contributed by atoms with van der Waals surface area (Å²) in [6.45, 7) is 2.79. The molecule has 0 aromatic rings. The van der Waals surface area contributed by atoms with Crippen molar-refractivity contribution in [2.75, 3.05) is 13.2 Å². The lowest BCUT2D eigenvalue weighted by Gasteiger charge is -2.22. The Morgan fingerprint density at radius 2 is 2.00 bits per heavy atom. The zero-order valence-electron chi connectivity index (χ0n) is 9.65. The van der Waals surface area contributed by atoms with E-state index < -0.39 is 24.2 Å². The average Bonchev–Trinajstić information content (AvgIpc) is 2.24. The third kappa shape index (κ3) is 4.97. The molecule has 0 fully saturated rings. The van der Waals surface area contributed by atoms with Crippen LogP contribution in [0, 0.1) is 0 Å². The first-order valence-electron chi connectivity index (χ1n) is 5.25. The number of aliphatic hydroxyl groups excluding tert-OH is 1. The van der Waals surface area contributed by atoms with Crippen LogP contribution in [0.5, 0.6) is 0 Å². The summed E-state index contributed by atoms with van der Waals surface area (Å²) in [5, 5.41) is 19.7. The molecule has 0 aliphatic heterocycles. The third-order valence-corrected chi connectivity index (χ3v) is 2.15. The Morgan fingerprint density at radius 1 is 1.38 bits per heavy atom. The van der Waals surface area contributed by atoms with Crippen molar-refractivity contribution in [1.29, 1.82) is 0 Å². The fraction of sp³-hybridized carbons (Fsp3) is 0.800. The third-order valence-electron chi connectivity index (χ3n) is 2.15. The Morgan fingerprint density at radius 3 is 2.44 bits per heavy atom. The number of ether oxygens (including phenoxy) is 1. The standard InChI is InChI=1S/C10H19NO5/c1-3-4-5-6-16-9(15)11-10(2,7-12)8(13)14/h12H,3-7H2,1-2H3,(H,11,15)(H,13,14). The summed E-state index contributed by atoms with van der Waals surface area (Å²) in [5.74, 6) is -1.31. The van der Waals surface area contributed by atoms with Gasteiger partial charge in [0.1, 0.15) is 0 Å². The molecule has 94 valence electrons. The van der Waals surface area contributed by atoms with Gasteiger partial charge < -0.3 is 20.3 Å². The number of rotatable bonds is 7. The second kappa shape index (κ2) is 7.05. The molecule has 0 saturated heterocycles. The summed E-state index contributed by atoms with van der Waals surface area (Å²) in [5.41, 5.74) is -1.69. The zero-order chi connectivity index (χ0) is 12.6. The SMILES string of the molecule is CCCCCOC(=O)NC(C)(CO)C(=O)O. The van der Waals surface area contributed by atoms with Crippen LogP contribution in [0.2, 0.25) is 0 Å². The molecule has 1 unspecified atom stereocenters. The number of carboxylic acid groups (broad SMARTS) is 1. The Hall–Kier alpha value is -1.30. The van der Waals surface area contributed by atoms with Gasteiger partial charge in [-0.1, -0.05) is 19.8 Å². The molecule has 0 rings (SSSR count). The van der Waals surface area contributed by atoms with E-state index in [0.29, 0.717) is 0 Å². The lowest BCUT2D eigenvalue weighted by molar-refractivity contribution is -0.145. The van der Waals surface area contributed by atoms with Gasteiger partial charge in [-0.15, -0.1) is 0 Å². The van der Waals surface area contributed by atoms with Crippen LogP contribution in [0.4, 0.5) is 4.79 Å². The molecule has 6 heteroatoms. The molecule has 0 aromatic carbocycles. The molecule has 0 bridgehead atoms. The minimum Gasteiger partial charge on any atom is -0.479 e. The van der Waals surface area contributed by atoms with Gasteiger partial charge in [0.15, 0.2) is 5.54 Å². The first-order valence-corrected chi connectivity index (χ1v) is 5.25. The van der Waals surface area contributed by atoms with Crippen molar-refractivity contribution in [3.63, 3.8) is 0 Å². The Kier molecular flexibility index (Phi) is 6.48. The van der Waals surface area contributed by atoms with Crippen LogP contribution in [0.1, 0.15) is 33.1 Å². The van der Waals surface area contributed by atoms with Crippen LogP contribution in [0.15, 0.2) is 0 Å². The molecular weight excluding hydrogens is 214 g/mol. The fourth-order valence-corrected chi connectivity index (χ4v) is 0.939. The molecule has 0 spiro atoms. The second-order valence-corrected chi connectivity index (χ2v) is 3.76. The lowest BCUT2D eigenvalue weighted by atomic mass is 10.1. The highest BCUT2D eigenvalue weighted by Crippen LogP contribution is 2.03. The van der Waals surface area contributed by atoms with Crippen LogP contribution >= 0.6 is 0 Å². The van der Waals surface area contributed by atoms with E-state index in [1.807, 2.05) is 6.92 Å². The number of hydrogen-bond acceptors (Lipinski definition) is 4. The molecule has 0 radical (unpaired) electrons. The maximum absolute atomic E-state index is 11.2. The van der Waals surface area contributed by atoms with E-state index in [4.69, 9.17) is 14.9 Å². The largest absolute Gasteiger partial charge is 0.479 e. The number of nitrogens with one attached hydrogen (secondary N) is 1. The molecule has 16 heavy (non-hydrogen) atoms. The highest BCUT2D eigenvalue weighted by atomic mass is 16.5. The molecule has 0 saturated carbocycles. The van der Waals surface area contributed by atoms with E-state index in [1.54, 1.807) is 0 Å². The fourth-order valence-electron chi connectivity index (χ4n) is 0.939. The lowest BCUT2D eigenvalue weighted by Crippen LogP contribution is -2.55. The molecule has 0 aliphatic rings. The molecule has 0 aromatic heterocycles. The van der Waals surface area contributed by atoms with Crippen molar-refractivity contribution in [2.24, 2.45) is 0 Å². The van der Waals surface area contributed by atoms with E-state index in [-0.39, 0.29) is 6.61 Å². The summed E-state index contributed by atoms with van der Waals surface area (Å²) < 4.78 is 4.77. The Balaban J connectivity index is 3.98. The van der Waals surface area contributed by atoms with Crippen molar-refractivity contribution in [3.8, 4) is 0 Å². The highest BCUT2D eigenvalue weighted by molar-refractivity contribution is 5.84. The van der Waals surface area contributed by atoms with Crippen LogP contribution in [0.3, 0.4) is 0 Å². The molecular formula is C10H19NO5. The van der Waals surface area contributed by atoms with Gasteiger partial charge >= 0.3 is 12.1 Å². The summed E-state index contributed by atoms with van der Waals surface area (Å²) in [7, 11) is 0. The number of carboxylic acids is 1. The average molecular weight is 233 g/mol. The minimum absolute atomic E-state index is 0.251. The number of alkyl carbamates (subject to hydrolysis) is 1. The summed E-state index contributed by atoms with van der Waals surface area (Å²) in [6, 6.07) is 0. The molecule has 0 aliphatic carbocycles. The molecule has 6 nitrogen and oxygen atoms in total. The summed E-state index contributed by atoms with van der Waals surface area (Å²) in [4.78, 5) is 21.9. The van der Waals surface area contributed by atoms with Crippen molar-refractivity contribution >= 4 is 12.1 Å². The maximum atomic E-state index is 11.2. The molecule has 1 amide bonds. The number of aliphatic hydroxyl groups is 1. The van der Waals surface area contributed by atoms with E-state index in [9.17, 15) is 9.59 Å². The van der Waals surface area contributed by atoms with E-state index in [2.05, 4.69) is 5.32 Å². The first kappa shape index (κ1) is 14.7. The number of carbonyl (C=O) groups is 2. The van der Waals surface area contributed by atoms with E-state index in [0.717, 1.165) is 19.3 Å². The van der Waals surface area contributed by atoms with Crippen LogP contribution < -0.4 is 5.32 Å². The first-order chi connectivity index (χ1) is 7.46. The van der Waals surface area contributed by atoms with Gasteiger partial charge in [-0.2, -0.15) is 0 Å². The molecule has 1 atom stereocenters. The highest BCUT2D eigenvalue weighted by Gasteiger charge is 2.34. The van der Waals surface area contributed by atoms with Crippen LogP contribution in [0.25, 0.3) is 0 Å². The predicted molar refractivity (Wildman–Crippen MR) is 57.1 cm³/mol. The van der Waals surface area contributed by atoms with Gasteiger partial charge in [-0.25, -0.2) is 9.59 Å². The number of unbranched alkanes of at least 4 members (excludes halogenated alkanes) is 2. The van der Waals surface area contributed by atoms with Gasteiger partial charge in [-0.3, -0.25) is 0 Å². The van der Waals surface area contributed by atoms with Crippen LogP contribution in [-0.4, -0.2) is 41.0 Å². The maximum Gasteiger partial charge on any atom is 0.408 e. The van der Waals surface area contributed by atoms with E-state index >= 15 is 0 Å². The summed E-state index contributed by atoms with van der Waals surface area (Å²) >= 11 is 0. The van der Waals surface area contributed by atoms with Crippen LogP contribution in [-0.2, 0) is 9.53 Å². The number of carbonyl (C=O) groups excluding carboxylic acids is 1. The predicted octanol–water partition coefficient (Wildman–Crippen LogP) is 0.738. The van der Waals surface area contributed by atoms with Gasteiger partial charge in [0.05, 0.1) is 13.2 Å². The van der Waals surface area contributed by atoms with Crippen molar-refractivity contribution in [1.82, 2.24) is 5.32 Å². The second-order valence-electron chi connectivity index (χ2n) is 3.76. The minimum atomic E-state index is -1.69. The topological polar surface area (TPSA) is 95.9 Å². The van der Waals surface area contributed by atoms with Crippen molar-refractivity contribution in [2.45, 2.75) is 38.6 Å². The molecule has 3 N–H and O–H groups in total. The normalized spacial score (nSPS) is 13.9. The number of aliphatic carboxylic acids is 1. The molecule has 0 heterocycles. The quantitative estimate of drug-likeness (QED) is 0.563. The van der Waals surface area contributed by atoms with Gasteiger partial charge in [0.25, 0.3) is 0 Å². The number of amides is 1. The van der Waals surface area contributed by atoms with Crippen molar-refractivity contribution in [3.05, 3.63) is 0 Å². The zero-order valence-corrected chi connectivity index (χ0v) is 9.65. The van der Waals surface area contributed by atoms with E-state index in [1.165, 1.54) is 6.92 Å².